The van der Waals surface area contributed by atoms with Crippen LogP contribution in [-0.2, 0) is 11.3 Å². The summed E-state index contributed by atoms with van der Waals surface area (Å²) in [6, 6.07) is 5.69. The van der Waals surface area contributed by atoms with Gasteiger partial charge in [0.1, 0.15) is 5.75 Å². The lowest BCUT2D eigenvalue weighted by Gasteiger charge is -2.28. The van der Waals surface area contributed by atoms with Gasteiger partial charge >= 0.3 is 0 Å². The average Bonchev–Trinajstić information content (AvgIpc) is 2.48. The predicted octanol–water partition coefficient (Wildman–Crippen LogP) is 3.26. The van der Waals surface area contributed by atoms with Gasteiger partial charge in [0.15, 0.2) is 0 Å². The maximum Gasteiger partial charge on any atom is 0.227 e. The largest absolute Gasteiger partial charge is 0.497 e. The monoisotopic (exact) mass is 378 g/mol. The van der Waals surface area contributed by atoms with Gasteiger partial charge in [-0.15, -0.1) is 12.4 Å². The van der Waals surface area contributed by atoms with Gasteiger partial charge in [-0.05, 0) is 36.6 Å². The summed E-state index contributed by atoms with van der Waals surface area (Å²) in [5, 5.41) is 2.98. The Balaban J connectivity index is 0.00000400. The fourth-order valence-electron chi connectivity index (χ4n) is 2.13. The molecule has 0 spiro atoms. The number of rotatable bonds is 7. The molecule has 6 heteroatoms. The second-order valence-corrected chi connectivity index (χ2v) is 5.69. The summed E-state index contributed by atoms with van der Waals surface area (Å²) >= 11 is 3.48. The van der Waals surface area contributed by atoms with Gasteiger partial charge in [0.25, 0.3) is 0 Å². The van der Waals surface area contributed by atoms with Crippen molar-refractivity contribution in [3.8, 4) is 5.75 Å². The summed E-state index contributed by atoms with van der Waals surface area (Å²) in [7, 11) is 1.62. The molecule has 1 aromatic rings. The van der Waals surface area contributed by atoms with E-state index in [-0.39, 0.29) is 18.3 Å². The van der Waals surface area contributed by atoms with E-state index in [1.807, 2.05) is 32.0 Å². The molecule has 0 heterocycles. The van der Waals surface area contributed by atoms with Crippen molar-refractivity contribution in [3.63, 3.8) is 0 Å². The van der Waals surface area contributed by atoms with E-state index >= 15 is 0 Å². The minimum absolute atomic E-state index is 0. The first-order chi connectivity index (χ1) is 9.52. The molecule has 1 aromatic carbocycles. The average molecular weight is 380 g/mol. The molecule has 0 saturated heterocycles. The highest BCUT2D eigenvalue weighted by atomic mass is 79.9. The number of amides is 1. The van der Waals surface area contributed by atoms with E-state index in [1.165, 1.54) is 0 Å². The molecule has 3 N–H and O–H groups in total. The number of nitrogens with two attached hydrogens (primary N) is 1. The van der Waals surface area contributed by atoms with Crippen molar-refractivity contribution in [2.75, 3.05) is 13.7 Å². The third-order valence-electron chi connectivity index (χ3n) is 3.92. The van der Waals surface area contributed by atoms with Gasteiger partial charge in [0, 0.05) is 17.6 Å². The van der Waals surface area contributed by atoms with E-state index in [4.69, 9.17) is 10.5 Å². The van der Waals surface area contributed by atoms with E-state index in [2.05, 4.69) is 21.2 Å². The molecule has 0 aliphatic heterocycles. The predicted molar refractivity (Wildman–Crippen MR) is 91.9 cm³/mol. The minimum atomic E-state index is -0.467. The van der Waals surface area contributed by atoms with Crippen molar-refractivity contribution in [2.45, 2.75) is 33.2 Å². The first-order valence-electron chi connectivity index (χ1n) is 6.83. The summed E-state index contributed by atoms with van der Waals surface area (Å²) in [5.74, 6) is 0.785. The number of nitrogens with one attached hydrogen (secondary N) is 1. The summed E-state index contributed by atoms with van der Waals surface area (Å²) in [4.78, 5) is 12.4. The number of methoxy groups -OCH3 is 1. The number of hydrogen-bond acceptors (Lipinski definition) is 3. The molecule has 1 rings (SSSR count). The molecule has 0 aliphatic rings. The molecule has 0 fully saturated rings. The van der Waals surface area contributed by atoms with Gasteiger partial charge in [-0.3, -0.25) is 4.79 Å². The summed E-state index contributed by atoms with van der Waals surface area (Å²) < 4.78 is 6.14. The third-order valence-corrected chi connectivity index (χ3v) is 4.69. The van der Waals surface area contributed by atoms with Crippen molar-refractivity contribution in [1.82, 2.24) is 5.32 Å². The molecule has 0 aromatic heterocycles. The van der Waals surface area contributed by atoms with Crippen LogP contribution in [0.5, 0.6) is 5.75 Å². The number of carbonyl (C=O) groups is 1. The second kappa shape index (κ2) is 9.28. The van der Waals surface area contributed by atoms with Crippen molar-refractivity contribution in [1.29, 1.82) is 0 Å². The van der Waals surface area contributed by atoms with Crippen molar-refractivity contribution in [3.05, 3.63) is 28.2 Å². The smallest absolute Gasteiger partial charge is 0.227 e. The second-order valence-electron chi connectivity index (χ2n) is 4.83. The maximum absolute atomic E-state index is 12.4. The van der Waals surface area contributed by atoms with E-state index in [1.54, 1.807) is 7.11 Å². The Morgan fingerprint density at radius 3 is 2.48 bits per heavy atom. The number of hydrogen-bond donors (Lipinski definition) is 2. The lowest BCUT2D eigenvalue weighted by molar-refractivity contribution is -0.131. The fraction of sp³-hybridized carbons (Fsp3) is 0.533. The van der Waals surface area contributed by atoms with Gasteiger partial charge in [-0.2, -0.15) is 0 Å². The van der Waals surface area contributed by atoms with Gasteiger partial charge in [0.2, 0.25) is 5.91 Å². The Morgan fingerprint density at radius 1 is 1.38 bits per heavy atom. The van der Waals surface area contributed by atoms with E-state index in [0.29, 0.717) is 13.1 Å². The zero-order chi connectivity index (χ0) is 15.2. The van der Waals surface area contributed by atoms with Crippen LogP contribution in [0.3, 0.4) is 0 Å². The molecule has 0 saturated carbocycles. The van der Waals surface area contributed by atoms with Crippen LogP contribution in [0.1, 0.15) is 32.3 Å². The van der Waals surface area contributed by atoms with E-state index in [0.717, 1.165) is 28.6 Å². The highest BCUT2D eigenvalue weighted by Crippen LogP contribution is 2.26. The summed E-state index contributed by atoms with van der Waals surface area (Å²) in [6.07, 6.45) is 1.48. The van der Waals surface area contributed by atoms with Crippen molar-refractivity contribution >= 4 is 34.2 Å². The standard InChI is InChI=1S/C15H23BrN2O2.ClH/c1-4-15(5-2,10-17)14(19)18-9-11-8-12(20-3)6-7-13(11)16;/h6-8H,4-5,9-10,17H2,1-3H3,(H,18,19);1H. The third kappa shape index (κ3) is 4.87. The Kier molecular flexibility index (Phi) is 8.94. The molecule has 0 unspecified atom stereocenters. The highest BCUT2D eigenvalue weighted by molar-refractivity contribution is 9.10. The molecule has 4 nitrogen and oxygen atoms in total. The zero-order valence-corrected chi connectivity index (χ0v) is 15.1. The normalized spacial score (nSPS) is 10.7. The van der Waals surface area contributed by atoms with E-state index < -0.39 is 5.41 Å². The lowest BCUT2D eigenvalue weighted by Crippen LogP contribution is -2.45. The molecular formula is C15H24BrClN2O2. The molecule has 0 radical (unpaired) electrons. The Labute approximate surface area is 141 Å². The van der Waals surface area contributed by atoms with Crippen molar-refractivity contribution < 1.29 is 9.53 Å². The summed E-state index contributed by atoms with van der Waals surface area (Å²) in [5.41, 5.74) is 6.30. The van der Waals surface area contributed by atoms with Gasteiger partial charge < -0.3 is 15.8 Å². The highest BCUT2D eigenvalue weighted by Gasteiger charge is 2.32. The zero-order valence-electron chi connectivity index (χ0n) is 12.7. The van der Waals surface area contributed by atoms with Gasteiger partial charge in [-0.25, -0.2) is 0 Å². The molecular weight excluding hydrogens is 356 g/mol. The Bertz CT molecular complexity index is 457. The fourth-order valence-corrected chi connectivity index (χ4v) is 2.52. The van der Waals surface area contributed by atoms with Crippen molar-refractivity contribution in [2.24, 2.45) is 11.1 Å². The van der Waals surface area contributed by atoms with Crippen LogP contribution in [0.4, 0.5) is 0 Å². The van der Waals surface area contributed by atoms with Gasteiger partial charge in [-0.1, -0.05) is 29.8 Å². The Hall–Kier alpha value is -0.780. The van der Waals surface area contributed by atoms with Crippen LogP contribution in [0, 0.1) is 5.41 Å². The quantitative estimate of drug-likeness (QED) is 0.764. The van der Waals surface area contributed by atoms with Crippen LogP contribution in [0.25, 0.3) is 0 Å². The van der Waals surface area contributed by atoms with Crippen LogP contribution in [-0.4, -0.2) is 19.6 Å². The molecule has 120 valence electrons. The first kappa shape index (κ1) is 20.2. The number of carbonyl (C=O) groups excluding carboxylic acids is 1. The molecule has 1 amide bonds. The summed E-state index contributed by atoms with van der Waals surface area (Å²) in [6.45, 7) is 4.82. The lowest BCUT2D eigenvalue weighted by atomic mass is 9.81. The van der Waals surface area contributed by atoms with Crippen LogP contribution < -0.4 is 15.8 Å². The van der Waals surface area contributed by atoms with Gasteiger partial charge in [0.05, 0.1) is 12.5 Å². The minimum Gasteiger partial charge on any atom is -0.497 e. The number of benzene rings is 1. The topological polar surface area (TPSA) is 64.4 Å². The first-order valence-corrected chi connectivity index (χ1v) is 7.63. The van der Waals surface area contributed by atoms with Crippen LogP contribution in [0.2, 0.25) is 0 Å². The maximum atomic E-state index is 12.4. The van der Waals surface area contributed by atoms with Crippen LogP contribution >= 0.6 is 28.3 Å². The number of halogens is 2. The Morgan fingerprint density at radius 2 is 2.00 bits per heavy atom. The number of ether oxygens (including phenoxy) is 1. The molecule has 0 atom stereocenters. The van der Waals surface area contributed by atoms with E-state index in [9.17, 15) is 4.79 Å². The molecule has 0 bridgehead atoms. The molecule has 0 aliphatic carbocycles. The molecule has 21 heavy (non-hydrogen) atoms. The van der Waals surface area contributed by atoms with Crippen LogP contribution in [0.15, 0.2) is 22.7 Å². The SMILES string of the molecule is CCC(CC)(CN)C(=O)NCc1cc(OC)ccc1Br.Cl.